The molecule has 2 aromatic rings. The van der Waals surface area contributed by atoms with Crippen LogP contribution in [0.3, 0.4) is 0 Å². The Labute approximate surface area is 209 Å². The number of hydrogen-bond donors (Lipinski definition) is 1. The van der Waals surface area contributed by atoms with E-state index >= 15 is 0 Å². The van der Waals surface area contributed by atoms with E-state index in [9.17, 15) is 23.9 Å². The van der Waals surface area contributed by atoms with E-state index in [2.05, 4.69) is 16.0 Å². The highest BCUT2D eigenvalue weighted by Gasteiger charge is 2.35. The number of hydrogen-bond acceptors (Lipinski definition) is 7. The van der Waals surface area contributed by atoms with Gasteiger partial charge in [0, 0.05) is 70.0 Å². The zero-order valence-electron chi connectivity index (χ0n) is 20.6. The van der Waals surface area contributed by atoms with E-state index in [1.54, 1.807) is 4.90 Å². The maximum Gasteiger partial charge on any atom is 0.257 e. The number of nitriles is 1. The van der Waals surface area contributed by atoms with Gasteiger partial charge in [0.25, 0.3) is 5.91 Å². The predicted molar refractivity (Wildman–Crippen MR) is 131 cm³/mol. The molecule has 1 unspecified atom stereocenters. The minimum Gasteiger partial charge on any atom is -0.370 e. The average Bonchev–Trinajstić information content (AvgIpc) is 3.44. The number of nitrogens with zero attached hydrogens (tertiary/aromatic N) is 6. The van der Waals surface area contributed by atoms with Gasteiger partial charge in [-0.05, 0) is 38.7 Å². The molecule has 1 aromatic carbocycles. The van der Waals surface area contributed by atoms with Crippen molar-refractivity contribution in [2.24, 2.45) is 5.41 Å². The van der Waals surface area contributed by atoms with Gasteiger partial charge in [-0.1, -0.05) is 0 Å². The van der Waals surface area contributed by atoms with E-state index in [-0.39, 0.29) is 11.4 Å². The van der Waals surface area contributed by atoms with Crippen molar-refractivity contribution >= 4 is 22.5 Å². The summed E-state index contributed by atoms with van der Waals surface area (Å²) < 4.78 is 28.3. The third-order valence-corrected chi connectivity index (χ3v) is 7.96. The Hall–Kier alpha value is -2.87. The summed E-state index contributed by atoms with van der Waals surface area (Å²) in [6, 6.07) is 4.55. The summed E-state index contributed by atoms with van der Waals surface area (Å²) in [5.41, 5.74) is 0.728. The van der Waals surface area contributed by atoms with Crippen LogP contribution in [-0.2, 0) is 0 Å². The molecule has 3 saturated heterocycles. The first-order valence-corrected chi connectivity index (χ1v) is 12.7. The van der Waals surface area contributed by atoms with Gasteiger partial charge in [-0.2, -0.15) is 5.26 Å². The Morgan fingerprint density at radius 3 is 2.28 bits per heavy atom. The van der Waals surface area contributed by atoms with Crippen LogP contribution in [0.5, 0.6) is 0 Å². The maximum absolute atomic E-state index is 14.3. The zero-order valence-corrected chi connectivity index (χ0v) is 20.6. The minimum absolute atomic E-state index is 0.215. The van der Waals surface area contributed by atoms with Crippen LogP contribution in [0.25, 0.3) is 10.9 Å². The van der Waals surface area contributed by atoms with Gasteiger partial charge >= 0.3 is 0 Å². The molecule has 1 N–H and O–H groups in total. The van der Waals surface area contributed by atoms with Crippen LogP contribution in [-0.4, -0.2) is 89.4 Å². The Kier molecular flexibility index (Phi) is 6.81. The fraction of sp³-hybridized carbons (Fsp3) is 0.577. The lowest BCUT2D eigenvalue weighted by Gasteiger charge is -2.41. The van der Waals surface area contributed by atoms with Crippen LogP contribution in [0, 0.1) is 28.4 Å². The topological polar surface area (TPSA) is 86.9 Å². The quantitative estimate of drug-likeness (QED) is 0.694. The lowest BCUT2D eigenvalue weighted by Crippen LogP contribution is -2.56. The van der Waals surface area contributed by atoms with Crippen LogP contribution in [0.1, 0.15) is 43.0 Å². The standard InChI is InChI=1S/C26H32F2N6O2/c1-26(17-29)4-8-31(9-5-26)23-18-14-20(27)21(28)15-22(18)30-16-19(23)24(35)32-10-12-34(13-11-32)25(36)33-6-2-3-7-33/h14-16,25,36H,2-13H2,1H3. The Morgan fingerprint density at radius 2 is 1.64 bits per heavy atom. The van der Waals surface area contributed by atoms with Crippen LogP contribution in [0.4, 0.5) is 14.5 Å². The van der Waals surface area contributed by atoms with E-state index < -0.39 is 23.4 Å². The van der Waals surface area contributed by atoms with E-state index in [4.69, 9.17) is 0 Å². The molecular formula is C26H32F2N6O2. The van der Waals surface area contributed by atoms with Gasteiger partial charge in [0.05, 0.1) is 28.3 Å². The van der Waals surface area contributed by atoms with Crippen LogP contribution >= 0.6 is 0 Å². The average molecular weight is 499 g/mol. The number of likely N-dealkylation sites (tertiary alicyclic amines) is 1. The molecule has 10 heteroatoms. The third-order valence-electron chi connectivity index (χ3n) is 7.96. The molecule has 3 aliphatic heterocycles. The number of carbonyl (C=O) groups is 1. The number of aliphatic hydroxyl groups is 1. The maximum atomic E-state index is 14.3. The highest BCUT2D eigenvalue weighted by atomic mass is 19.2. The number of benzene rings is 1. The van der Waals surface area contributed by atoms with Crippen molar-refractivity contribution in [1.29, 1.82) is 5.26 Å². The number of rotatable bonds is 4. The summed E-state index contributed by atoms with van der Waals surface area (Å²) in [6.07, 6.45) is 4.21. The van der Waals surface area contributed by atoms with Crippen molar-refractivity contribution in [3.05, 3.63) is 35.5 Å². The first-order chi connectivity index (χ1) is 17.3. The number of aromatic nitrogens is 1. The summed E-state index contributed by atoms with van der Waals surface area (Å²) in [7, 11) is 0. The summed E-state index contributed by atoms with van der Waals surface area (Å²) in [5.74, 6) is -2.19. The molecule has 3 aliphatic rings. The van der Waals surface area contributed by atoms with E-state index in [1.165, 1.54) is 6.20 Å². The van der Waals surface area contributed by atoms with E-state index in [0.717, 1.165) is 38.1 Å². The lowest BCUT2D eigenvalue weighted by molar-refractivity contribution is -0.114. The highest BCUT2D eigenvalue weighted by molar-refractivity contribution is 6.07. The Bertz CT molecular complexity index is 1180. The van der Waals surface area contributed by atoms with Gasteiger partial charge in [0.2, 0.25) is 0 Å². The first-order valence-electron chi connectivity index (χ1n) is 12.7. The number of pyridine rings is 1. The first kappa shape index (κ1) is 24.8. The molecular weight excluding hydrogens is 466 g/mol. The van der Waals surface area contributed by atoms with E-state index in [0.29, 0.717) is 68.7 Å². The van der Waals surface area contributed by atoms with Gasteiger partial charge in [0.1, 0.15) is 0 Å². The van der Waals surface area contributed by atoms with Crippen molar-refractivity contribution in [2.75, 3.05) is 57.3 Å². The van der Waals surface area contributed by atoms with Crippen molar-refractivity contribution in [3.63, 3.8) is 0 Å². The molecule has 36 heavy (non-hydrogen) atoms. The highest BCUT2D eigenvalue weighted by Crippen LogP contribution is 2.38. The number of carbonyl (C=O) groups excluding carboxylic acids is 1. The summed E-state index contributed by atoms with van der Waals surface area (Å²) >= 11 is 0. The predicted octanol–water partition coefficient (Wildman–Crippen LogP) is 2.77. The second-order valence-corrected chi connectivity index (χ2v) is 10.4. The van der Waals surface area contributed by atoms with Crippen LogP contribution in [0.15, 0.2) is 18.3 Å². The van der Waals surface area contributed by atoms with Crippen molar-refractivity contribution in [1.82, 2.24) is 19.7 Å². The Balaban J connectivity index is 1.41. The third kappa shape index (κ3) is 4.63. The fourth-order valence-electron chi connectivity index (χ4n) is 5.54. The molecule has 0 aliphatic carbocycles. The molecule has 1 amide bonds. The second kappa shape index (κ2) is 9.88. The van der Waals surface area contributed by atoms with E-state index in [1.807, 2.05) is 16.7 Å². The molecule has 0 radical (unpaired) electrons. The summed E-state index contributed by atoms with van der Waals surface area (Å²) in [5, 5.41) is 20.6. The molecule has 4 heterocycles. The number of halogens is 2. The van der Waals surface area contributed by atoms with Crippen molar-refractivity contribution < 1.29 is 18.7 Å². The second-order valence-electron chi connectivity index (χ2n) is 10.4. The molecule has 0 bridgehead atoms. The minimum atomic E-state index is -0.987. The monoisotopic (exact) mass is 498 g/mol. The summed E-state index contributed by atoms with van der Waals surface area (Å²) in [6.45, 7) is 6.72. The van der Waals surface area contributed by atoms with Crippen molar-refractivity contribution in [2.45, 2.75) is 39.0 Å². The normalized spacial score (nSPS) is 22.1. The summed E-state index contributed by atoms with van der Waals surface area (Å²) in [4.78, 5) is 25.8. The van der Waals surface area contributed by atoms with Gasteiger partial charge in [-0.15, -0.1) is 0 Å². The van der Waals surface area contributed by atoms with Crippen molar-refractivity contribution in [3.8, 4) is 6.07 Å². The number of anilines is 1. The van der Waals surface area contributed by atoms with Crippen LogP contribution in [0.2, 0.25) is 0 Å². The van der Waals surface area contributed by atoms with Crippen LogP contribution < -0.4 is 4.90 Å². The molecule has 0 saturated carbocycles. The molecule has 5 rings (SSSR count). The van der Waals surface area contributed by atoms with Gasteiger partial charge in [-0.3, -0.25) is 19.6 Å². The molecule has 3 fully saturated rings. The number of piperidine rings is 1. The molecule has 192 valence electrons. The number of piperazine rings is 1. The number of amides is 1. The van der Waals surface area contributed by atoms with Gasteiger partial charge in [-0.25, -0.2) is 8.78 Å². The number of aliphatic hydroxyl groups excluding tert-OH is 1. The Morgan fingerprint density at radius 1 is 1.03 bits per heavy atom. The smallest absolute Gasteiger partial charge is 0.257 e. The molecule has 0 spiro atoms. The fourth-order valence-corrected chi connectivity index (χ4v) is 5.54. The van der Waals surface area contributed by atoms with Gasteiger partial charge < -0.3 is 14.9 Å². The molecule has 1 aromatic heterocycles. The number of fused-ring (bicyclic) bond motifs is 1. The zero-order chi connectivity index (χ0) is 25.4. The molecule has 1 atom stereocenters. The largest absolute Gasteiger partial charge is 0.370 e. The van der Waals surface area contributed by atoms with Gasteiger partial charge in [0.15, 0.2) is 18.0 Å². The molecule has 8 nitrogen and oxygen atoms in total. The lowest BCUT2D eigenvalue weighted by atomic mass is 9.81. The SMILES string of the molecule is CC1(C#N)CCN(c2c(C(=O)N3CCN(C(O)N4CCCC4)CC3)cnc3cc(F)c(F)cc23)CC1.